The number of carbonyl (C=O) groups is 1. The summed E-state index contributed by atoms with van der Waals surface area (Å²) < 4.78 is 5.58. The Morgan fingerprint density at radius 3 is 2.85 bits per heavy atom. The van der Waals surface area contributed by atoms with Crippen LogP contribution in [-0.2, 0) is 17.6 Å². The van der Waals surface area contributed by atoms with E-state index < -0.39 is 6.10 Å². The van der Waals surface area contributed by atoms with Gasteiger partial charge in [0.2, 0.25) is 0 Å². The Morgan fingerprint density at radius 2 is 2.07 bits per heavy atom. The zero-order chi connectivity index (χ0) is 19.2. The van der Waals surface area contributed by atoms with Crippen LogP contribution in [0.15, 0.2) is 42.5 Å². The third-order valence-corrected chi connectivity index (χ3v) is 5.23. The topological polar surface area (TPSA) is 58.6 Å². The van der Waals surface area contributed by atoms with E-state index in [0.29, 0.717) is 23.9 Å². The van der Waals surface area contributed by atoms with Crippen LogP contribution >= 0.6 is 11.6 Å². The quantitative estimate of drug-likeness (QED) is 0.688. The van der Waals surface area contributed by atoms with Crippen molar-refractivity contribution in [1.29, 1.82) is 0 Å². The van der Waals surface area contributed by atoms with E-state index >= 15 is 0 Å². The smallest absolute Gasteiger partial charge is 0.169 e. The third kappa shape index (κ3) is 5.55. The molecule has 144 valence electrons. The lowest BCUT2D eigenvalue weighted by Gasteiger charge is -2.15. The Morgan fingerprint density at radius 1 is 1.26 bits per heavy atom. The first kappa shape index (κ1) is 19.9. The number of ketones is 1. The number of fused-ring (bicyclic) bond motifs is 1. The van der Waals surface area contributed by atoms with Gasteiger partial charge in [0.1, 0.15) is 12.4 Å². The van der Waals surface area contributed by atoms with Gasteiger partial charge in [-0.3, -0.25) is 4.79 Å². The van der Waals surface area contributed by atoms with E-state index in [4.69, 9.17) is 16.3 Å². The molecule has 0 aliphatic heterocycles. The Bertz CT molecular complexity index is 793. The molecule has 0 radical (unpaired) electrons. The highest BCUT2D eigenvalue weighted by Crippen LogP contribution is 2.29. The van der Waals surface area contributed by atoms with Crippen molar-refractivity contribution in [3.05, 3.63) is 64.2 Å². The van der Waals surface area contributed by atoms with Crippen LogP contribution in [0.3, 0.4) is 0 Å². The lowest BCUT2D eigenvalue weighted by molar-refractivity contribution is -0.120. The Kier molecular flexibility index (Phi) is 6.89. The first-order valence-corrected chi connectivity index (χ1v) is 9.83. The second-order valence-corrected chi connectivity index (χ2v) is 7.55. The van der Waals surface area contributed by atoms with Gasteiger partial charge < -0.3 is 15.2 Å². The van der Waals surface area contributed by atoms with Crippen LogP contribution in [0, 0.1) is 5.92 Å². The number of halogens is 1. The van der Waals surface area contributed by atoms with E-state index in [2.05, 4.69) is 17.4 Å². The lowest BCUT2D eigenvalue weighted by atomic mass is 10.1. The molecule has 3 rings (SSSR count). The van der Waals surface area contributed by atoms with Crippen LogP contribution < -0.4 is 10.1 Å². The number of hydrogen-bond acceptors (Lipinski definition) is 4. The molecule has 0 spiro atoms. The largest absolute Gasteiger partial charge is 0.486 e. The number of aliphatic hydroxyl groups is 1. The molecule has 1 aliphatic rings. The van der Waals surface area contributed by atoms with Crippen molar-refractivity contribution in [2.45, 2.75) is 32.3 Å². The van der Waals surface area contributed by atoms with Gasteiger partial charge in [-0.25, -0.2) is 0 Å². The molecule has 2 unspecified atom stereocenters. The van der Waals surface area contributed by atoms with Crippen LogP contribution in [0.1, 0.15) is 36.1 Å². The summed E-state index contributed by atoms with van der Waals surface area (Å²) in [4.78, 5) is 11.4. The molecule has 0 saturated carbocycles. The number of benzene rings is 2. The van der Waals surface area contributed by atoms with Gasteiger partial charge >= 0.3 is 0 Å². The molecule has 2 aromatic carbocycles. The average molecular weight is 388 g/mol. The highest BCUT2D eigenvalue weighted by molar-refractivity contribution is 6.30. The molecular formula is C22H26ClNO3. The monoisotopic (exact) mass is 387 g/mol. The van der Waals surface area contributed by atoms with Crippen molar-refractivity contribution in [1.82, 2.24) is 5.32 Å². The summed E-state index contributed by atoms with van der Waals surface area (Å²) >= 11 is 5.98. The zero-order valence-electron chi connectivity index (χ0n) is 15.6. The van der Waals surface area contributed by atoms with E-state index in [1.165, 1.54) is 11.1 Å². The minimum Gasteiger partial charge on any atom is -0.486 e. The van der Waals surface area contributed by atoms with Gasteiger partial charge in [-0.2, -0.15) is 0 Å². The van der Waals surface area contributed by atoms with Crippen LogP contribution in [0.2, 0.25) is 5.02 Å². The SMILES string of the molecule is CCC(=O)COc1ccc2c(c1)CC(CNCC(O)c1cccc(Cl)c1)C2. The molecule has 0 bridgehead atoms. The molecule has 27 heavy (non-hydrogen) atoms. The van der Waals surface area contributed by atoms with Crippen molar-refractivity contribution in [3.8, 4) is 5.75 Å². The fourth-order valence-corrected chi connectivity index (χ4v) is 3.64. The van der Waals surface area contributed by atoms with Gasteiger partial charge in [0.15, 0.2) is 5.78 Å². The van der Waals surface area contributed by atoms with Crippen molar-refractivity contribution in [3.63, 3.8) is 0 Å². The van der Waals surface area contributed by atoms with Crippen LogP contribution in [0.5, 0.6) is 5.75 Å². The van der Waals surface area contributed by atoms with Gasteiger partial charge in [0, 0.05) is 18.0 Å². The van der Waals surface area contributed by atoms with Crippen molar-refractivity contribution >= 4 is 17.4 Å². The van der Waals surface area contributed by atoms with E-state index in [0.717, 1.165) is 30.7 Å². The normalized spacial score (nSPS) is 16.8. The molecule has 0 fully saturated rings. The van der Waals surface area contributed by atoms with Crippen molar-refractivity contribution < 1.29 is 14.6 Å². The lowest BCUT2D eigenvalue weighted by Crippen LogP contribution is -2.27. The number of rotatable bonds is 9. The Hall–Kier alpha value is -1.88. The molecular weight excluding hydrogens is 362 g/mol. The van der Waals surface area contributed by atoms with Gasteiger partial charge in [0.05, 0.1) is 6.10 Å². The maximum Gasteiger partial charge on any atom is 0.169 e. The number of nitrogens with one attached hydrogen (secondary N) is 1. The summed E-state index contributed by atoms with van der Waals surface area (Å²) in [7, 11) is 0. The summed E-state index contributed by atoms with van der Waals surface area (Å²) in [5.41, 5.74) is 3.46. The third-order valence-electron chi connectivity index (χ3n) is 4.99. The summed E-state index contributed by atoms with van der Waals surface area (Å²) in [5, 5.41) is 14.3. The molecule has 2 N–H and O–H groups in total. The van der Waals surface area contributed by atoms with Crippen molar-refractivity contribution in [2.75, 3.05) is 19.7 Å². The summed E-state index contributed by atoms with van der Waals surface area (Å²) in [5.74, 6) is 1.37. The molecule has 2 aromatic rings. The predicted octanol–water partition coefficient (Wildman–Crippen LogP) is 3.74. The molecule has 1 aliphatic carbocycles. The number of hydrogen-bond donors (Lipinski definition) is 2. The molecule has 4 nitrogen and oxygen atoms in total. The number of carbonyl (C=O) groups excluding carboxylic acids is 1. The Labute approximate surface area is 165 Å². The van der Waals surface area contributed by atoms with E-state index in [9.17, 15) is 9.90 Å². The predicted molar refractivity (Wildman–Crippen MR) is 107 cm³/mol. The number of ether oxygens (including phenoxy) is 1. The first-order valence-electron chi connectivity index (χ1n) is 9.45. The van der Waals surface area contributed by atoms with Gasteiger partial charge in [-0.05, 0) is 66.3 Å². The van der Waals surface area contributed by atoms with Gasteiger partial charge in [-0.15, -0.1) is 0 Å². The van der Waals surface area contributed by atoms with Crippen LogP contribution in [0.25, 0.3) is 0 Å². The number of aliphatic hydroxyl groups excluding tert-OH is 1. The van der Waals surface area contributed by atoms with Gasteiger partial charge in [0.25, 0.3) is 0 Å². The highest BCUT2D eigenvalue weighted by atomic mass is 35.5. The second-order valence-electron chi connectivity index (χ2n) is 7.11. The molecule has 0 amide bonds. The standard InChI is InChI=1S/C22H26ClNO3/c1-2-20(25)14-27-21-7-6-16-8-15(9-18(16)11-21)12-24-13-22(26)17-4-3-5-19(23)10-17/h3-7,10-11,15,22,24,26H,2,8-9,12-14H2,1H3. The molecule has 0 aromatic heterocycles. The average Bonchev–Trinajstić information content (AvgIpc) is 3.07. The van der Waals surface area contributed by atoms with Crippen LogP contribution in [-0.4, -0.2) is 30.6 Å². The summed E-state index contributed by atoms with van der Waals surface area (Å²) in [6, 6.07) is 13.4. The molecule has 0 saturated heterocycles. The molecule has 2 atom stereocenters. The maximum absolute atomic E-state index is 11.4. The van der Waals surface area contributed by atoms with Crippen molar-refractivity contribution in [2.24, 2.45) is 5.92 Å². The fourth-order valence-electron chi connectivity index (χ4n) is 3.44. The Balaban J connectivity index is 1.46. The minimum atomic E-state index is -0.566. The minimum absolute atomic E-state index is 0.107. The van der Waals surface area contributed by atoms with Gasteiger partial charge in [-0.1, -0.05) is 36.7 Å². The zero-order valence-corrected chi connectivity index (χ0v) is 16.3. The second kappa shape index (κ2) is 9.36. The number of Topliss-reactive ketones (excluding diaryl/α,β-unsaturated/α-hetero) is 1. The van der Waals surface area contributed by atoms with E-state index in [-0.39, 0.29) is 12.4 Å². The molecule has 5 heteroatoms. The highest BCUT2D eigenvalue weighted by Gasteiger charge is 2.22. The first-order chi connectivity index (χ1) is 13.0. The summed E-state index contributed by atoms with van der Waals surface area (Å²) in [6.07, 6.45) is 1.93. The van der Waals surface area contributed by atoms with E-state index in [1.54, 1.807) is 12.1 Å². The fraction of sp³-hybridized carbons (Fsp3) is 0.409. The maximum atomic E-state index is 11.4. The van der Waals surface area contributed by atoms with E-state index in [1.807, 2.05) is 25.1 Å². The van der Waals surface area contributed by atoms with Crippen LogP contribution in [0.4, 0.5) is 0 Å². The molecule has 0 heterocycles. The summed E-state index contributed by atoms with van der Waals surface area (Å²) in [6.45, 7) is 3.33.